The van der Waals surface area contributed by atoms with E-state index in [1.165, 1.54) is 21.7 Å². The van der Waals surface area contributed by atoms with Gasteiger partial charge in [0, 0.05) is 28.2 Å². The molecule has 2 aromatic heterocycles. The van der Waals surface area contributed by atoms with Gasteiger partial charge in [0.15, 0.2) is 0 Å². The zero-order valence-electron chi connectivity index (χ0n) is 16.2. The fraction of sp³-hybridized carbons (Fsp3) is 0.350. The largest absolute Gasteiger partial charge is 0.324 e. The monoisotopic (exact) mass is 404 g/mol. The lowest BCUT2D eigenvalue weighted by molar-refractivity contribution is 0.149. The SMILES string of the molecule is CCSc1ccc(Nc2ncc3cc(C(F)F)c(=O)n(C(C)C)c3n2)c(C)c1. The van der Waals surface area contributed by atoms with E-state index in [9.17, 15) is 13.6 Å². The van der Waals surface area contributed by atoms with Crippen LogP contribution in [-0.4, -0.2) is 20.3 Å². The van der Waals surface area contributed by atoms with Gasteiger partial charge < -0.3 is 5.32 Å². The van der Waals surface area contributed by atoms with E-state index >= 15 is 0 Å². The van der Waals surface area contributed by atoms with Crippen molar-refractivity contribution >= 4 is 34.4 Å². The number of nitrogens with one attached hydrogen (secondary N) is 1. The summed E-state index contributed by atoms with van der Waals surface area (Å²) in [6.45, 7) is 7.62. The number of thioether (sulfide) groups is 1. The number of pyridine rings is 1. The normalized spacial score (nSPS) is 11.6. The topological polar surface area (TPSA) is 59.8 Å². The summed E-state index contributed by atoms with van der Waals surface area (Å²) in [6.07, 6.45) is -1.38. The Morgan fingerprint density at radius 3 is 2.61 bits per heavy atom. The van der Waals surface area contributed by atoms with E-state index in [-0.39, 0.29) is 6.04 Å². The zero-order valence-corrected chi connectivity index (χ0v) is 17.0. The van der Waals surface area contributed by atoms with E-state index in [0.717, 1.165) is 17.0 Å². The molecule has 0 fully saturated rings. The summed E-state index contributed by atoms with van der Waals surface area (Å²) in [4.78, 5) is 22.4. The predicted molar refractivity (Wildman–Crippen MR) is 110 cm³/mol. The second kappa shape index (κ2) is 8.26. The fourth-order valence-electron chi connectivity index (χ4n) is 2.99. The van der Waals surface area contributed by atoms with Crippen molar-refractivity contribution in [3.8, 4) is 0 Å². The lowest BCUT2D eigenvalue weighted by Gasteiger charge is -2.16. The lowest BCUT2D eigenvalue weighted by atomic mass is 10.2. The molecule has 0 aliphatic heterocycles. The Morgan fingerprint density at radius 2 is 2.00 bits per heavy atom. The first-order valence-corrected chi connectivity index (χ1v) is 10.0. The Bertz CT molecular complexity index is 1070. The van der Waals surface area contributed by atoms with Crippen molar-refractivity contribution in [3.05, 3.63) is 51.9 Å². The van der Waals surface area contributed by atoms with Gasteiger partial charge in [0.1, 0.15) is 5.65 Å². The molecule has 0 radical (unpaired) electrons. The summed E-state index contributed by atoms with van der Waals surface area (Å²) in [5.41, 5.74) is 0.959. The Labute approximate surface area is 166 Å². The molecule has 2 heterocycles. The highest BCUT2D eigenvalue weighted by molar-refractivity contribution is 7.99. The molecular weight excluding hydrogens is 382 g/mol. The number of nitrogens with zero attached hydrogens (tertiary/aromatic N) is 3. The fourth-order valence-corrected chi connectivity index (χ4v) is 3.75. The maximum Gasteiger partial charge on any atom is 0.269 e. The molecule has 3 aromatic rings. The number of alkyl halides is 2. The van der Waals surface area contributed by atoms with Gasteiger partial charge in [-0.2, -0.15) is 4.98 Å². The number of hydrogen-bond donors (Lipinski definition) is 1. The zero-order chi connectivity index (χ0) is 20.4. The molecule has 0 atom stereocenters. The molecule has 0 aliphatic rings. The van der Waals surface area contributed by atoms with Crippen LogP contribution >= 0.6 is 11.8 Å². The van der Waals surface area contributed by atoms with Crippen molar-refractivity contribution in [2.45, 2.75) is 45.1 Å². The van der Waals surface area contributed by atoms with E-state index in [1.54, 1.807) is 25.6 Å². The number of aromatic nitrogens is 3. The highest BCUT2D eigenvalue weighted by atomic mass is 32.2. The number of fused-ring (bicyclic) bond motifs is 1. The summed E-state index contributed by atoms with van der Waals surface area (Å²) in [6, 6.07) is 6.91. The number of halogens is 2. The van der Waals surface area contributed by atoms with Crippen LogP contribution in [0.1, 0.15) is 44.4 Å². The summed E-state index contributed by atoms with van der Waals surface area (Å²) in [5.74, 6) is 1.30. The molecule has 0 unspecified atom stereocenters. The molecule has 28 heavy (non-hydrogen) atoms. The molecule has 0 saturated heterocycles. The molecule has 5 nitrogen and oxygen atoms in total. The number of anilines is 2. The minimum Gasteiger partial charge on any atom is -0.324 e. The van der Waals surface area contributed by atoms with Gasteiger partial charge in [-0.15, -0.1) is 11.8 Å². The molecule has 1 N–H and O–H groups in total. The van der Waals surface area contributed by atoms with Crippen LogP contribution in [0.5, 0.6) is 0 Å². The Balaban J connectivity index is 2.06. The summed E-state index contributed by atoms with van der Waals surface area (Å²) in [7, 11) is 0. The number of rotatable bonds is 6. The maximum absolute atomic E-state index is 13.2. The first-order valence-electron chi connectivity index (χ1n) is 9.02. The van der Waals surface area contributed by atoms with Crippen LogP contribution in [0.25, 0.3) is 11.0 Å². The third-order valence-corrected chi connectivity index (χ3v) is 5.18. The minimum atomic E-state index is -2.85. The van der Waals surface area contributed by atoms with Gasteiger partial charge >= 0.3 is 0 Å². The number of hydrogen-bond acceptors (Lipinski definition) is 5. The van der Waals surface area contributed by atoms with Crippen LogP contribution in [0.15, 0.2) is 40.2 Å². The van der Waals surface area contributed by atoms with Gasteiger partial charge in [0.25, 0.3) is 12.0 Å². The highest BCUT2D eigenvalue weighted by Gasteiger charge is 2.19. The van der Waals surface area contributed by atoms with E-state index in [1.807, 2.05) is 19.1 Å². The van der Waals surface area contributed by atoms with Crippen molar-refractivity contribution in [3.63, 3.8) is 0 Å². The standard InChI is InChI=1S/C20H22F2N4OS/c1-5-28-14-6-7-16(12(4)8-14)24-20-23-10-13-9-15(17(21)22)19(27)26(11(2)3)18(13)25-20/h6-11,17H,5H2,1-4H3,(H,23,24,25). The lowest BCUT2D eigenvalue weighted by Crippen LogP contribution is -2.26. The van der Waals surface area contributed by atoms with Crippen LogP contribution < -0.4 is 10.9 Å². The molecule has 0 spiro atoms. The minimum absolute atomic E-state index is 0.310. The first kappa shape index (κ1) is 20.3. The van der Waals surface area contributed by atoms with Gasteiger partial charge in [-0.25, -0.2) is 13.8 Å². The quantitative estimate of drug-likeness (QED) is 0.552. The van der Waals surface area contributed by atoms with Crippen LogP contribution in [0.4, 0.5) is 20.4 Å². The second-order valence-electron chi connectivity index (χ2n) is 6.68. The number of benzene rings is 1. The molecule has 0 bridgehead atoms. The molecule has 0 saturated carbocycles. The predicted octanol–water partition coefficient (Wildman–Crippen LogP) is 5.47. The molecule has 8 heteroatoms. The maximum atomic E-state index is 13.2. The van der Waals surface area contributed by atoms with E-state index in [4.69, 9.17) is 0 Å². The highest BCUT2D eigenvalue weighted by Crippen LogP contribution is 2.26. The van der Waals surface area contributed by atoms with Crippen molar-refractivity contribution in [2.75, 3.05) is 11.1 Å². The van der Waals surface area contributed by atoms with Crippen LogP contribution in [0, 0.1) is 6.92 Å². The van der Waals surface area contributed by atoms with Crippen LogP contribution in [0.2, 0.25) is 0 Å². The smallest absolute Gasteiger partial charge is 0.269 e. The average molecular weight is 404 g/mol. The summed E-state index contributed by atoms with van der Waals surface area (Å²) < 4.78 is 27.7. The molecule has 0 aliphatic carbocycles. The number of aryl methyl sites for hydroxylation is 1. The third-order valence-electron chi connectivity index (χ3n) is 4.31. The van der Waals surface area contributed by atoms with Crippen molar-refractivity contribution in [1.29, 1.82) is 0 Å². The van der Waals surface area contributed by atoms with E-state index in [0.29, 0.717) is 17.0 Å². The Kier molecular flexibility index (Phi) is 5.98. The molecular formula is C20H22F2N4OS. The summed E-state index contributed by atoms with van der Waals surface area (Å²) >= 11 is 1.76. The van der Waals surface area contributed by atoms with Crippen LogP contribution in [-0.2, 0) is 0 Å². The van der Waals surface area contributed by atoms with Gasteiger partial charge in [0.05, 0.1) is 5.56 Å². The molecule has 0 amide bonds. The van der Waals surface area contributed by atoms with Crippen LogP contribution in [0.3, 0.4) is 0 Å². The Hall–Kier alpha value is -2.48. The van der Waals surface area contributed by atoms with Gasteiger partial charge in [-0.1, -0.05) is 6.92 Å². The first-order chi connectivity index (χ1) is 13.3. The van der Waals surface area contributed by atoms with Gasteiger partial charge in [0.2, 0.25) is 5.95 Å². The third kappa shape index (κ3) is 4.01. The molecule has 148 valence electrons. The second-order valence-corrected chi connectivity index (χ2v) is 8.01. The van der Waals surface area contributed by atoms with Crippen molar-refractivity contribution in [1.82, 2.24) is 14.5 Å². The van der Waals surface area contributed by atoms with Crippen molar-refractivity contribution < 1.29 is 8.78 Å². The van der Waals surface area contributed by atoms with E-state index in [2.05, 4.69) is 28.3 Å². The molecule has 1 aromatic carbocycles. The summed E-state index contributed by atoms with van der Waals surface area (Å²) in [5, 5.41) is 3.56. The average Bonchev–Trinajstić information content (AvgIpc) is 2.63. The van der Waals surface area contributed by atoms with Gasteiger partial charge in [-0.05, 0) is 56.4 Å². The Morgan fingerprint density at radius 1 is 1.25 bits per heavy atom. The van der Waals surface area contributed by atoms with E-state index < -0.39 is 17.5 Å². The van der Waals surface area contributed by atoms with Gasteiger partial charge in [-0.3, -0.25) is 9.36 Å². The molecule has 3 rings (SSSR count). The van der Waals surface area contributed by atoms with Crippen molar-refractivity contribution in [2.24, 2.45) is 0 Å².